The number of hydrogen-bond donors (Lipinski definition) is 0. The number of likely N-dealkylation sites (N-methyl/N-ethyl adjacent to an activating group) is 1. The maximum Gasteiger partial charge on any atom is 0.310 e. The summed E-state index contributed by atoms with van der Waals surface area (Å²) in [6.07, 6.45) is 3.96. The Bertz CT molecular complexity index is 310. The molecule has 0 amide bonds. The van der Waals surface area contributed by atoms with Crippen LogP contribution in [0.4, 0.5) is 0 Å². The molecule has 1 fully saturated rings. The highest BCUT2D eigenvalue weighted by molar-refractivity contribution is 5.97. The molecule has 3 atom stereocenters. The van der Waals surface area contributed by atoms with Crippen LogP contribution in [0.5, 0.6) is 0 Å². The molecule has 0 saturated carbocycles. The summed E-state index contributed by atoms with van der Waals surface area (Å²) in [7, 11) is 3.26. The SMILES string of the molecule is COC(=O)[C@H]1C[C@@H]2C(=O)C=C[C@H]1N2C. The molecule has 2 rings (SSSR count). The minimum Gasteiger partial charge on any atom is -0.469 e. The van der Waals surface area contributed by atoms with E-state index in [0.29, 0.717) is 6.42 Å². The summed E-state index contributed by atoms with van der Waals surface area (Å²) in [6.45, 7) is 0. The van der Waals surface area contributed by atoms with Gasteiger partial charge in [-0.1, -0.05) is 6.08 Å². The first-order chi connectivity index (χ1) is 6.65. The molecule has 0 N–H and O–H groups in total. The van der Waals surface area contributed by atoms with E-state index in [1.54, 1.807) is 12.2 Å². The normalized spacial score (nSPS) is 36.1. The summed E-state index contributed by atoms with van der Waals surface area (Å²) in [5.74, 6) is -0.309. The van der Waals surface area contributed by atoms with Crippen molar-refractivity contribution in [2.24, 2.45) is 5.92 Å². The Morgan fingerprint density at radius 3 is 2.93 bits per heavy atom. The van der Waals surface area contributed by atoms with Gasteiger partial charge in [-0.05, 0) is 19.5 Å². The Hall–Kier alpha value is -1.16. The van der Waals surface area contributed by atoms with Crippen LogP contribution in [0.3, 0.4) is 0 Å². The zero-order valence-electron chi connectivity index (χ0n) is 8.27. The Kier molecular flexibility index (Phi) is 2.15. The fourth-order valence-corrected chi connectivity index (χ4v) is 2.32. The standard InChI is InChI=1S/C10H13NO3/c1-11-7-3-4-9(12)8(11)5-6(7)10(13)14-2/h3-4,6-8H,5H2,1-2H3/t6-,7+,8+/m0/s1. The molecule has 14 heavy (non-hydrogen) atoms. The van der Waals surface area contributed by atoms with Gasteiger partial charge in [-0.15, -0.1) is 0 Å². The number of carbonyl (C=O) groups is 2. The smallest absolute Gasteiger partial charge is 0.310 e. The molecule has 2 aliphatic rings. The third-order valence-corrected chi connectivity index (χ3v) is 3.14. The van der Waals surface area contributed by atoms with Gasteiger partial charge < -0.3 is 4.74 Å². The second-order valence-electron chi connectivity index (χ2n) is 3.80. The molecule has 0 radical (unpaired) electrons. The zero-order chi connectivity index (χ0) is 10.3. The van der Waals surface area contributed by atoms with E-state index in [2.05, 4.69) is 0 Å². The molecule has 0 aromatic rings. The van der Waals surface area contributed by atoms with E-state index in [0.717, 1.165) is 0 Å². The van der Waals surface area contributed by atoms with Crippen LogP contribution in [0.25, 0.3) is 0 Å². The van der Waals surface area contributed by atoms with E-state index in [4.69, 9.17) is 4.74 Å². The number of rotatable bonds is 1. The van der Waals surface area contributed by atoms with Crippen molar-refractivity contribution in [3.05, 3.63) is 12.2 Å². The number of methoxy groups -OCH3 is 1. The van der Waals surface area contributed by atoms with Crippen LogP contribution < -0.4 is 0 Å². The lowest BCUT2D eigenvalue weighted by molar-refractivity contribution is -0.145. The van der Waals surface area contributed by atoms with Gasteiger partial charge in [0, 0.05) is 6.04 Å². The number of ketones is 1. The summed E-state index contributed by atoms with van der Waals surface area (Å²) in [6, 6.07) is -0.0979. The molecule has 76 valence electrons. The summed E-state index contributed by atoms with van der Waals surface area (Å²) in [5, 5.41) is 0. The maximum atomic E-state index is 11.4. The quantitative estimate of drug-likeness (QED) is 0.552. The largest absolute Gasteiger partial charge is 0.469 e. The summed E-state index contributed by atoms with van der Waals surface area (Å²) in [5.41, 5.74) is 0. The zero-order valence-corrected chi connectivity index (χ0v) is 8.27. The highest BCUT2D eigenvalue weighted by Gasteiger charge is 2.46. The van der Waals surface area contributed by atoms with Gasteiger partial charge >= 0.3 is 5.97 Å². The molecule has 0 aliphatic carbocycles. The molecule has 0 unspecified atom stereocenters. The summed E-state index contributed by atoms with van der Waals surface area (Å²) in [4.78, 5) is 24.8. The molecule has 2 bridgehead atoms. The Morgan fingerprint density at radius 1 is 1.64 bits per heavy atom. The molecule has 1 saturated heterocycles. The lowest BCUT2D eigenvalue weighted by Gasteiger charge is -2.26. The molecule has 2 aliphatic heterocycles. The van der Waals surface area contributed by atoms with E-state index in [-0.39, 0.29) is 29.8 Å². The molecule has 0 aromatic carbocycles. The number of ether oxygens (including phenoxy) is 1. The Labute approximate surface area is 82.5 Å². The average molecular weight is 195 g/mol. The average Bonchev–Trinajstić information content (AvgIpc) is 2.39. The van der Waals surface area contributed by atoms with Crippen molar-refractivity contribution in [3.63, 3.8) is 0 Å². The fraction of sp³-hybridized carbons (Fsp3) is 0.600. The van der Waals surface area contributed by atoms with E-state index in [9.17, 15) is 9.59 Å². The van der Waals surface area contributed by atoms with Crippen molar-refractivity contribution < 1.29 is 14.3 Å². The number of esters is 1. The topological polar surface area (TPSA) is 46.6 Å². The molecule has 2 heterocycles. The first-order valence-corrected chi connectivity index (χ1v) is 4.67. The van der Waals surface area contributed by atoms with Gasteiger partial charge in [0.15, 0.2) is 5.78 Å². The van der Waals surface area contributed by atoms with Gasteiger partial charge in [-0.25, -0.2) is 0 Å². The maximum absolute atomic E-state index is 11.4. The van der Waals surface area contributed by atoms with Crippen LogP contribution in [-0.4, -0.2) is 42.9 Å². The first-order valence-electron chi connectivity index (χ1n) is 4.67. The highest BCUT2D eigenvalue weighted by Crippen LogP contribution is 2.33. The van der Waals surface area contributed by atoms with Gasteiger partial charge in [-0.2, -0.15) is 0 Å². The first kappa shape index (κ1) is 9.40. The summed E-state index contributed by atoms with van der Waals surface area (Å²) >= 11 is 0. The number of hydrogen-bond acceptors (Lipinski definition) is 4. The number of fused-ring (bicyclic) bond motifs is 2. The van der Waals surface area contributed by atoms with Gasteiger partial charge in [0.1, 0.15) is 0 Å². The lowest BCUT2D eigenvalue weighted by Crippen LogP contribution is -2.40. The third kappa shape index (κ3) is 1.18. The minimum absolute atomic E-state index is 0.0325. The number of nitrogens with zero attached hydrogens (tertiary/aromatic N) is 1. The molecule has 4 heteroatoms. The second kappa shape index (κ2) is 3.20. The molecular formula is C10H13NO3. The van der Waals surface area contributed by atoms with Crippen molar-refractivity contribution in [2.45, 2.75) is 18.5 Å². The van der Waals surface area contributed by atoms with E-state index < -0.39 is 0 Å². The molecule has 0 spiro atoms. The van der Waals surface area contributed by atoms with Crippen LogP contribution >= 0.6 is 0 Å². The van der Waals surface area contributed by atoms with Gasteiger partial charge in [0.05, 0.1) is 19.1 Å². The molecular weight excluding hydrogens is 182 g/mol. The van der Waals surface area contributed by atoms with Crippen molar-refractivity contribution in [1.82, 2.24) is 4.90 Å². The minimum atomic E-state index is -0.219. The van der Waals surface area contributed by atoms with Crippen molar-refractivity contribution >= 4 is 11.8 Å². The second-order valence-corrected chi connectivity index (χ2v) is 3.80. The summed E-state index contributed by atoms with van der Waals surface area (Å²) < 4.78 is 4.72. The van der Waals surface area contributed by atoms with Gasteiger partial charge in [0.25, 0.3) is 0 Å². The van der Waals surface area contributed by atoms with Crippen molar-refractivity contribution in [1.29, 1.82) is 0 Å². The lowest BCUT2D eigenvalue weighted by atomic mass is 10.0. The Balaban J connectivity index is 2.25. The van der Waals surface area contributed by atoms with Crippen LogP contribution in [0.1, 0.15) is 6.42 Å². The van der Waals surface area contributed by atoms with Gasteiger partial charge in [-0.3, -0.25) is 14.5 Å². The number of carbonyl (C=O) groups excluding carboxylic acids is 2. The third-order valence-electron chi connectivity index (χ3n) is 3.14. The van der Waals surface area contributed by atoms with Crippen LogP contribution in [0, 0.1) is 5.92 Å². The predicted molar refractivity (Wildman–Crippen MR) is 49.6 cm³/mol. The van der Waals surface area contributed by atoms with Crippen LogP contribution in [-0.2, 0) is 14.3 Å². The fourth-order valence-electron chi connectivity index (χ4n) is 2.32. The van der Waals surface area contributed by atoms with E-state index in [1.165, 1.54) is 7.11 Å². The Morgan fingerprint density at radius 2 is 2.36 bits per heavy atom. The molecule has 4 nitrogen and oxygen atoms in total. The van der Waals surface area contributed by atoms with Crippen LogP contribution in [0.2, 0.25) is 0 Å². The van der Waals surface area contributed by atoms with Crippen LogP contribution in [0.15, 0.2) is 12.2 Å². The van der Waals surface area contributed by atoms with Crippen molar-refractivity contribution in [2.75, 3.05) is 14.2 Å². The molecule has 0 aromatic heterocycles. The van der Waals surface area contributed by atoms with Gasteiger partial charge in [0.2, 0.25) is 0 Å². The van der Waals surface area contributed by atoms with E-state index in [1.807, 2.05) is 11.9 Å². The monoisotopic (exact) mass is 195 g/mol. The van der Waals surface area contributed by atoms with Crippen molar-refractivity contribution in [3.8, 4) is 0 Å². The highest BCUT2D eigenvalue weighted by atomic mass is 16.5. The predicted octanol–water partition coefficient (Wildman–Crippen LogP) is -0.0128. The van der Waals surface area contributed by atoms with E-state index >= 15 is 0 Å².